The Morgan fingerprint density at radius 2 is 2.20 bits per heavy atom. The molecule has 3 aromatic rings. The zero-order valence-electron chi connectivity index (χ0n) is 10.3. The third kappa shape index (κ3) is 2.51. The van der Waals surface area contributed by atoms with Crippen LogP contribution in [0.25, 0.3) is 23.1 Å². The molecule has 0 spiro atoms. The van der Waals surface area contributed by atoms with Crippen molar-refractivity contribution in [3.05, 3.63) is 29.5 Å². The molecule has 3 rings (SSSR count). The average molecular weight is 292 g/mol. The van der Waals surface area contributed by atoms with Crippen LogP contribution in [0.1, 0.15) is 0 Å². The quantitative estimate of drug-likeness (QED) is 0.763. The lowest BCUT2D eigenvalue weighted by atomic mass is 10.3. The third-order valence-corrected chi connectivity index (χ3v) is 2.72. The largest absolute Gasteiger partial charge is 0.332 e. The molecule has 0 aromatic carbocycles. The van der Waals surface area contributed by atoms with Crippen molar-refractivity contribution in [1.29, 1.82) is 0 Å². The molecule has 0 atom stereocenters. The van der Waals surface area contributed by atoms with Crippen molar-refractivity contribution < 1.29 is 4.52 Å². The van der Waals surface area contributed by atoms with Crippen LogP contribution in [0.2, 0.25) is 5.02 Å². The van der Waals surface area contributed by atoms with Crippen molar-refractivity contribution in [2.75, 3.05) is 6.54 Å². The highest BCUT2D eigenvalue weighted by atomic mass is 35.5. The van der Waals surface area contributed by atoms with Crippen LogP contribution in [-0.2, 0) is 6.54 Å². The van der Waals surface area contributed by atoms with Gasteiger partial charge >= 0.3 is 0 Å². The molecular formula is C11H10ClN7O. The second-order valence-electron chi connectivity index (χ2n) is 3.94. The number of nitrogens with two attached hydrogens (primary N) is 1. The molecule has 102 valence electrons. The SMILES string of the molecule is NCCn1cc(-c2nc(-c3ccc(Cl)cn3)no2)nn1. The highest BCUT2D eigenvalue weighted by Crippen LogP contribution is 2.19. The van der Waals surface area contributed by atoms with Crippen molar-refractivity contribution in [1.82, 2.24) is 30.1 Å². The van der Waals surface area contributed by atoms with Crippen LogP contribution >= 0.6 is 11.6 Å². The number of pyridine rings is 1. The van der Waals surface area contributed by atoms with Gasteiger partial charge in [0.2, 0.25) is 5.82 Å². The van der Waals surface area contributed by atoms with Gasteiger partial charge in [-0.2, -0.15) is 4.98 Å². The van der Waals surface area contributed by atoms with E-state index in [4.69, 9.17) is 21.9 Å². The molecule has 0 aliphatic carbocycles. The molecule has 0 saturated carbocycles. The number of rotatable bonds is 4. The van der Waals surface area contributed by atoms with Crippen molar-refractivity contribution in [3.63, 3.8) is 0 Å². The number of aromatic nitrogens is 6. The fourth-order valence-corrected chi connectivity index (χ4v) is 1.69. The van der Waals surface area contributed by atoms with Crippen molar-refractivity contribution in [2.24, 2.45) is 5.73 Å². The molecule has 0 fully saturated rings. The lowest BCUT2D eigenvalue weighted by molar-refractivity contribution is 0.430. The van der Waals surface area contributed by atoms with E-state index in [0.29, 0.717) is 35.3 Å². The molecule has 0 aliphatic heterocycles. The first-order valence-electron chi connectivity index (χ1n) is 5.82. The summed E-state index contributed by atoms with van der Waals surface area (Å²) in [5, 5.41) is 12.2. The summed E-state index contributed by atoms with van der Waals surface area (Å²) in [6.45, 7) is 1.05. The summed E-state index contributed by atoms with van der Waals surface area (Å²) in [7, 11) is 0. The summed E-state index contributed by atoms with van der Waals surface area (Å²) in [5.74, 6) is 0.644. The van der Waals surface area contributed by atoms with Gasteiger partial charge in [-0.05, 0) is 12.1 Å². The summed E-state index contributed by atoms with van der Waals surface area (Å²) in [4.78, 5) is 8.34. The minimum Gasteiger partial charge on any atom is -0.332 e. The fourth-order valence-electron chi connectivity index (χ4n) is 1.58. The maximum atomic E-state index is 5.77. The first-order chi connectivity index (χ1) is 9.76. The minimum atomic E-state index is 0.278. The molecule has 8 nitrogen and oxygen atoms in total. The standard InChI is InChI=1S/C11H10ClN7O/c12-7-1-2-8(14-5-7)10-15-11(20-17-10)9-6-19(4-3-13)18-16-9/h1-2,5-6H,3-4,13H2. The van der Waals surface area contributed by atoms with E-state index in [1.54, 1.807) is 23.0 Å². The smallest absolute Gasteiger partial charge is 0.280 e. The summed E-state index contributed by atoms with van der Waals surface area (Å²) in [6.07, 6.45) is 3.21. The highest BCUT2D eigenvalue weighted by molar-refractivity contribution is 6.30. The molecular weight excluding hydrogens is 282 g/mol. The topological polar surface area (TPSA) is 109 Å². The van der Waals surface area contributed by atoms with Gasteiger partial charge < -0.3 is 10.3 Å². The van der Waals surface area contributed by atoms with Crippen molar-refractivity contribution in [2.45, 2.75) is 6.54 Å². The van der Waals surface area contributed by atoms with Crippen LogP contribution in [0, 0.1) is 0 Å². The summed E-state index contributed by atoms with van der Waals surface area (Å²) in [6, 6.07) is 3.42. The van der Waals surface area contributed by atoms with E-state index in [-0.39, 0.29) is 5.89 Å². The van der Waals surface area contributed by atoms with Crippen LogP contribution in [-0.4, -0.2) is 36.7 Å². The Morgan fingerprint density at radius 1 is 1.30 bits per heavy atom. The molecule has 0 radical (unpaired) electrons. The highest BCUT2D eigenvalue weighted by Gasteiger charge is 2.14. The zero-order chi connectivity index (χ0) is 13.9. The molecule has 20 heavy (non-hydrogen) atoms. The molecule has 0 saturated heterocycles. The van der Waals surface area contributed by atoms with Crippen LogP contribution in [0.15, 0.2) is 29.0 Å². The summed E-state index contributed by atoms with van der Waals surface area (Å²) >= 11 is 5.77. The first kappa shape index (κ1) is 12.7. The first-order valence-corrected chi connectivity index (χ1v) is 6.20. The van der Waals surface area contributed by atoms with Gasteiger partial charge in [0, 0.05) is 12.7 Å². The van der Waals surface area contributed by atoms with Crippen LogP contribution < -0.4 is 5.73 Å². The summed E-state index contributed by atoms with van der Waals surface area (Å²) in [5.41, 5.74) is 6.50. The van der Waals surface area contributed by atoms with Gasteiger partial charge in [0.05, 0.1) is 17.8 Å². The average Bonchev–Trinajstić information content (AvgIpc) is 3.08. The second kappa shape index (κ2) is 5.35. The lowest BCUT2D eigenvalue weighted by Gasteiger charge is -1.92. The van der Waals surface area contributed by atoms with Gasteiger partial charge in [-0.25, -0.2) is 0 Å². The van der Waals surface area contributed by atoms with Gasteiger partial charge in [0.15, 0.2) is 5.69 Å². The van der Waals surface area contributed by atoms with Crippen molar-refractivity contribution in [3.8, 4) is 23.1 Å². The Bertz CT molecular complexity index is 706. The summed E-state index contributed by atoms with van der Waals surface area (Å²) < 4.78 is 6.76. The molecule has 9 heteroatoms. The van der Waals surface area contributed by atoms with E-state index < -0.39 is 0 Å². The van der Waals surface area contributed by atoms with Crippen LogP contribution in [0.4, 0.5) is 0 Å². The molecule has 3 heterocycles. The number of halogens is 1. The van der Waals surface area contributed by atoms with E-state index in [1.165, 1.54) is 6.20 Å². The molecule has 3 aromatic heterocycles. The van der Waals surface area contributed by atoms with Crippen molar-refractivity contribution >= 4 is 11.6 Å². The third-order valence-electron chi connectivity index (χ3n) is 2.50. The van der Waals surface area contributed by atoms with Crippen LogP contribution in [0.5, 0.6) is 0 Å². The minimum absolute atomic E-state index is 0.278. The maximum Gasteiger partial charge on any atom is 0.280 e. The van der Waals surface area contributed by atoms with Gasteiger partial charge in [0.1, 0.15) is 5.69 Å². The van der Waals surface area contributed by atoms with E-state index in [2.05, 4.69) is 25.4 Å². The Labute approximate surface area is 118 Å². The number of hydrogen-bond donors (Lipinski definition) is 1. The predicted octanol–water partition coefficient (Wildman–Crippen LogP) is 1.00. The predicted molar refractivity (Wildman–Crippen MR) is 70.6 cm³/mol. The normalized spacial score (nSPS) is 10.9. The monoisotopic (exact) mass is 291 g/mol. The van der Waals surface area contributed by atoms with E-state index in [1.807, 2.05) is 0 Å². The van der Waals surface area contributed by atoms with E-state index in [9.17, 15) is 0 Å². The van der Waals surface area contributed by atoms with Gasteiger partial charge in [0.25, 0.3) is 5.89 Å². The fraction of sp³-hybridized carbons (Fsp3) is 0.182. The van der Waals surface area contributed by atoms with Gasteiger partial charge in [-0.15, -0.1) is 5.10 Å². The maximum absolute atomic E-state index is 5.77. The molecule has 0 unspecified atom stereocenters. The molecule has 0 bridgehead atoms. The second-order valence-corrected chi connectivity index (χ2v) is 4.38. The lowest BCUT2D eigenvalue weighted by Crippen LogP contribution is -2.10. The van der Waals surface area contributed by atoms with Gasteiger partial charge in [-0.3, -0.25) is 9.67 Å². The van der Waals surface area contributed by atoms with Gasteiger partial charge in [-0.1, -0.05) is 22.0 Å². The zero-order valence-corrected chi connectivity index (χ0v) is 11.0. The Balaban J connectivity index is 1.87. The number of nitrogens with zero attached hydrogens (tertiary/aromatic N) is 6. The van der Waals surface area contributed by atoms with E-state index in [0.717, 1.165) is 0 Å². The molecule has 0 amide bonds. The molecule has 2 N–H and O–H groups in total. The Kier molecular flexibility index (Phi) is 3.40. The van der Waals surface area contributed by atoms with Crippen LogP contribution in [0.3, 0.4) is 0 Å². The van der Waals surface area contributed by atoms with E-state index >= 15 is 0 Å². The number of hydrogen-bond acceptors (Lipinski definition) is 7. The molecule has 0 aliphatic rings. The Hall–Kier alpha value is -2.32. The Morgan fingerprint density at radius 3 is 2.95 bits per heavy atom.